The zero-order chi connectivity index (χ0) is 20.1. The van der Waals surface area contributed by atoms with Gasteiger partial charge in [0.15, 0.2) is 11.6 Å². The third-order valence-corrected chi connectivity index (χ3v) is 4.22. The predicted octanol–water partition coefficient (Wildman–Crippen LogP) is 4.67. The van der Waals surface area contributed by atoms with Crippen LogP contribution in [0.5, 0.6) is 11.5 Å². The summed E-state index contributed by atoms with van der Waals surface area (Å²) in [6.45, 7) is 0. The molecule has 4 rings (SSSR count). The Kier molecular flexibility index (Phi) is 5.16. The second-order valence-electron chi connectivity index (χ2n) is 6.31. The lowest BCUT2D eigenvalue weighted by Crippen LogP contribution is -1.99. The van der Waals surface area contributed by atoms with Gasteiger partial charge in [-0.3, -0.25) is 5.43 Å². The molecule has 0 fully saturated rings. The number of aromatic hydroxyl groups is 2. The normalized spacial score (nSPS) is 10.9. The third kappa shape index (κ3) is 4.39. The topological polar surface area (TPSA) is 90.6 Å². The maximum absolute atomic E-state index is 9.87. The molecule has 0 radical (unpaired) electrons. The van der Waals surface area contributed by atoms with Gasteiger partial charge in [-0.15, -0.1) is 0 Å². The number of nitrogens with zero attached hydrogens (tertiary/aromatic N) is 3. The van der Waals surface area contributed by atoms with Crippen molar-refractivity contribution in [3.63, 3.8) is 0 Å². The largest absolute Gasteiger partial charge is 0.508 e. The van der Waals surface area contributed by atoms with E-state index >= 15 is 0 Å². The average molecular weight is 382 g/mol. The third-order valence-electron chi connectivity index (χ3n) is 4.22. The predicted molar refractivity (Wildman–Crippen MR) is 114 cm³/mol. The molecule has 1 heterocycles. The van der Waals surface area contributed by atoms with Crippen LogP contribution in [-0.4, -0.2) is 26.4 Å². The molecule has 3 N–H and O–H groups in total. The van der Waals surface area contributed by atoms with Crippen molar-refractivity contribution in [3.8, 4) is 34.1 Å². The molecule has 142 valence electrons. The van der Waals surface area contributed by atoms with Crippen LogP contribution >= 0.6 is 0 Å². The van der Waals surface area contributed by atoms with E-state index in [1.54, 1.807) is 6.07 Å². The minimum Gasteiger partial charge on any atom is -0.508 e. The molecule has 0 spiro atoms. The molecule has 0 aliphatic carbocycles. The molecule has 6 heteroatoms. The molecule has 0 saturated heterocycles. The first-order valence-electron chi connectivity index (χ1n) is 9.00. The summed E-state index contributed by atoms with van der Waals surface area (Å²) in [4.78, 5) is 9.25. The van der Waals surface area contributed by atoms with Crippen molar-refractivity contribution >= 4 is 12.0 Å². The summed E-state index contributed by atoms with van der Waals surface area (Å²) >= 11 is 0. The van der Waals surface area contributed by atoms with Crippen molar-refractivity contribution in [2.45, 2.75) is 0 Å². The Morgan fingerprint density at radius 3 is 2.14 bits per heavy atom. The van der Waals surface area contributed by atoms with Crippen LogP contribution in [0.4, 0.5) is 5.82 Å². The number of phenolic OH excluding ortho intramolecular Hbond substituents is 2. The molecule has 0 aliphatic rings. The highest BCUT2D eigenvalue weighted by Gasteiger charge is 2.08. The highest BCUT2D eigenvalue weighted by Crippen LogP contribution is 2.24. The second-order valence-corrected chi connectivity index (χ2v) is 6.31. The van der Waals surface area contributed by atoms with Crippen LogP contribution in [0.3, 0.4) is 0 Å². The molecular formula is C23H18N4O2. The smallest absolute Gasteiger partial charge is 0.162 e. The fourth-order valence-corrected chi connectivity index (χ4v) is 2.79. The van der Waals surface area contributed by atoms with E-state index in [0.717, 1.165) is 16.8 Å². The van der Waals surface area contributed by atoms with Gasteiger partial charge in [-0.2, -0.15) is 5.10 Å². The summed E-state index contributed by atoms with van der Waals surface area (Å²) in [5.74, 6) is 1.03. The first kappa shape index (κ1) is 18.2. The lowest BCUT2D eigenvalue weighted by molar-refractivity contribution is 0.450. The summed E-state index contributed by atoms with van der Waals surface area (Å²) in [5, 5.41) is 23.4. The Bertz CT molecular complexity index is 1090. The van der Waals surface area contributed by atoms with Gasteiger partial charge in [-0.1, -0.05) is 60.7 Å². The molecule has 0 atom stereocenters. The molecule has 29 heavy (non-hydrogen) atoms. The van der Waals surface area contributed by atoms with Crippen molar-refractivity contribution in [1.82, 2.24) is 9.97 Å². The van der Waals surface area contributed by atoms with Crippen LogP contribution in [-0.2, 0) is 0 Å². The Labute approximate surface area is 167 Å². The second kappa shape index (κ2) is 8.22. The Morgan fingerprint density at radius 1 is 0.759 bits per heavy atom. The zero-order valence-corrected chi connectivity index (χ0v) is 15.4. The number of benzene rings is 3. The number of anilines is 1. The number of hydrogen-bond acceptors (Lipinski definition) is 6. The van der Waals surface area contributed by atoms with E-state index in [1.165, 1.54) is 18.3 Å². The SMILES string of the molecule is Oc1ccc(C=NNc2cc(-c3ccccc3)nc(-c3ccccc3)n2)c(O)c1. The summed E-state index contributed by atoms with van der Waals surface area (Å²) < 4.78 is 0. The van der Waals surface area contributed by atoms with Crippen molar-refractivity contribution < 1.29 is 10.2 Å². The summed E-state index contributed by atoms with van der Waals surface area (Å²) in [6.07, 6.45) is 1.46. The van der Waals surface area contributed by atoms with E-state index in [0.29, 0.717) is 17.2 Å². The summed E-state index contributed by atoms with van der Waals surface area (Å²) in [5.41, 5.74) is 6.00. The standard InChI is InChI=1S/C23H18N4O2/c28-19-12-11-18(21(29)13-19)15-24-27-22-14-20(16-7-3-1-4-8-16)25-23(26-22)17-9-5-2-6-10-17/h1-15,28-29H,(H,25,26,27). The van der Waals surface area contributed by atoms with Crippen molar-refractivity contribution in [2.24, 2.45) is 5.10 Å². The van der Waals surface area contributed by atoms with Crippen LogP contribution < -0.4 is 5.43 Å². The van der Waals surface area contributed by atoms with Crippen LogP contribution in [0.15, 0.2) is 90.0 Å². The molecule has 4 aromatic rings. The maximum atomic E-state index is 9.87. The average Bonchev–Trinajstić information content (AvgIpc) is 2.76. The first-order chi connectivity index (χ1) is 14.2. The van der Waals surface area contributed by atoms with Gasteiger partial charge in [0.25, 0.3) is 0 Å². The van der Waals surface area contributed by atoms with Gasteiger partial charge in [0.1, 0.15) is 11.5 Å². The molecule has 1 aromatic heterocycles. The van der Waals surface area contributed by atoms with E-state index in [1.807, 2.05) is 66.7 Å². The minimum atomic E-state index is -0.0619. The minimum absolute atomic E-state index is 0.0107. The molecule has 0 unspecified atom stereocenters. The van der Waals surface area contributed by atoms with E-state index in [2.05, 4.69) is 15.5 Å². The molecule has 0 saturated carbocycles. The highest BCUT2D eigenvalue weighted by molar-refractivity contribution is 5.84. The van der Waals surface area contributed by atoms with E-state index in [4.69, 9.17) is 4.98 Å². The van der Waals surface area contributed by atoms with Gasteiger partial charge in [0.2, 0.25) is 0 Å². The van der Waals surface area contributed by atoms with Crippen LogP contribution in [0.2, 0.25) is 0 Å². The van der Waals surface area contributed by atoms with Gasteiger partial charge in [0, 0.05) is 28.8 Å². The van der Waals surface area contributed by atoms with E-state index in [-0.39, 0.29) is 11.5 Å². The summed E-state index contributed by atoms with van der Waals surface area (Å²) in [6, 6.07) is 25.7. The maximum Gasteiger partial charge on any atom is 0.162 e. The van der Waals surface area contributed by atoms with Gasteiger partial charge in [0.05, 0.1) is 11.9 Å². The quantitative estimate of drug-likeness (QED) is 0.345. The van der Waals surface area contributed by atoms with Gasteiger partial charge in [-0.25, -0.2) is 9.97 Å². The fourth-order valence-electron chi connectivity index (χ4n) is 2.79. The van der Waals surface area contributed by atoms with Crippen LogP contribution in [0.25, 0.3) is 22.6 Å². The Hall–Kier alpha value is -4.19. The molecule has 6 nitrogen and oxygen atoms in total. The van der Waals surface area contributed by atoms with Gasteiger partial charge in [-0.05, 0) is 12.1 Å². The number of phenols is 2. The highest BCUT2D eigenvalue weighted by atomic mass is 16.3. The van der Waals surface area contributed by atoms with E-state index in [9.17, 15) is 10.2 Å². The molecule has 0 bridgehead atoms. The fraction of sp³-hybridized carbons (Fsp3) is 0. The molecule has 0 amide bonds. The number of aromatic nitrogens is 2. The van der Waals surface area contributed by atoms with Crippen LogP contribution in [0, 0.1) is 0 Å². The van der Waals surface area contributed by atoms with Crippen molar-refractivity contribution in [3.05, 3.63) is 90.5 Å². The lowest BCUT2D eigenvalue weighted by Gasteiger charge is -2.08. The number of nitrogens with one attached hydrogen (secondary N) is 1. The van der Waals surface area contributed by atoms with Crippen molar-refractivity contribution in [1.29, 1.82) is 0 Å². The number of hydrazone groups is 1. The molecular weight excluding hydrogens is 364 g/mol. The Morgan fingerprint density at radius 2 is 1.45 bits per heavy atom. The number of rotatable bonds is 5. The monoisotopic (exact) mass is 382 g/mol. The zero-order valence-electron chi connectivity index (χ0n) is 15.4. The van der Waals surface area contributed by atoms with E-state index < -0.39 is 0 Å². The molecule has 3 aromatic carbocycles. The summed E-state index contributed by atoms with van der Waals surface area (Å²) in [7, 11) is 0. The van der Waals surface area contributed by atoms with Gasteiger partial charge >= 0.3 is 0 Å². The first-order valence-corrected chi connectivity index (χ1v) is 9.00. The van der Waals surface area contributed by atoms with Gasteiger partial charge < -0.3 is 10.2 Å². The van der Waals surface area contributed by atoms with Crippen LogP contribution in [0.1, 0.15) is 5.56 Å². The number of hydrogen-bond donors (Lipinski definition) is 3. The Balaban J connectivity index is 1.67. The lowest BCUT2D eigenvalue weighted by atomic mass is 10.1. The van der Waals surface area contributed by atoms with Crippen molar-refractivity contribution in [2.75, 3.05) is 5.43 Å². The molecule has 0 aliphatic heterocycles.